The van der Waals surface area contributed by atoms with Crippen LogP contribution in [0.2, 0.25) is 0 Å². The van der Waals surface area contributed by atoms with Crippen LogP contribution in [-0.2, 0) is 9.53 Å². The highest BCUT2D eigenvalue weighted by Crippen LogP contribution is 2.09. The number of esters is 1. The molecule has 5 nitrogen and oxygen atoms in total. The van der Waals surface area contributed by atoms with Gasteiger partial charge in [0.05, 0.1) is 25.3 Å². The first kappa shape index (κ1) is 9.60. The Bertz CT molecular complexity index is 276. The summed E-state index contributed by atoms with van der Waals surface area (Å²) in [5.74, 6) is -0.349. The number of methoxy groups -OCH3 is 1. The van der Waals surface area contributed by atoms with Crippen molar-refractivity contribution in [1.82, 2.24) is 9.97 Å². The summed E-state index contributed by atoms with van der Waals surface area (Å²) in [6.45, 7) is 0. The average Bonchev–Trinajstić information content (AvgIpc) is 2.19. The van der Waals surface area contributed by atoms with Gasteiger partial charge in [-0.3, -0.25) is 14.8 Å². The summed E-state index contributed by atoms with van der Waals surface area (Å²) in [6.07, 6.45) is 4.74. The van der Waals surface area contributed by atoms with Gasteiger partial charge in [0.2, 0.25) is 0 Å². The van der Waals surface area contributed by atoms with Gasteiger partial charge in [-0.25, -0.2) is 0 Å². The van der Waals surface area contributed by atoms with Gasteiger partial charge in [-0.1, -0.05) is 0 Å². The quantitative estimate of drug-likeness (QED) is 0.666. The highest BCUT2D eigenvalue weighted by atomic mass is 16.5. The van der Waals surface area contributed by atoms with Gasteiger partial charge in [0, 0.05) is 18.6 Å². The molecule has 0 aromatic carbocycles. The minimum atomic E-state index is -0.443. The Balaban J connectivity index is 2.59. The van der Waals surface area contributed by atoms with Crippen molar-refractivity contribution in [2.75, 3.05) is 7.11 Å². The van der Waals surface area contributed by atoms with Crippen molar-refractivity contribution in [2.45, 2.75) is 12.5 Å². The Kier molecular flexibility index (Phi) is 3.33. The van der Waals surface area contributed by atoms with Gasteiger partial charge in [0.1, 0.15) is 0 Å². The van der Waals surface area contributed by atoms with Crippen LogP contribution in [0, 0.1) is 0 Å². The normalized spacial score (nSPS) is 12.2. The third-order valence-electron chi connectivity index (χ3n) is 1.58. The highest BCUT2D eigenvalue weighted by Gasteiger charge is 2.12. The first-order valence-electron chi connectivity index (χ1n) is 3.82. The van der Waals surface area contributed by atoms with Crippen LogP contribution >= 0.6 is 0 Å². The molecule has 0 fully saturated rings. The average molecular weight is 181 g/mol. The van der Waals surface area contributed by atoms with Gasteiger partial charge in [-0.05, 0) is 0 Å². The molecular weight excluding hydrogens is 170 g/mol. The molecule has 1 rings (SSSR count). The van der Waals surface area contributed by atoms with Crippen LogP contribution in [0.4, 0.5) is 0 Å². The van der Waals surface area contributed by atoms with Gasteiger partial charge in [-0.15, -0.1) is 0 Å². The van der Waals surface area contributed by atoms with Crippen LogP contribution < -0.4 is 5.73 Å². The fourth-order valence-electron chi connectivity index (χ4n) is 0.870. The van der Waals surface area contributed by atoms with Crippen LogP contribution in [-0.4, -0.2) is 23.0 Å². The summed E-state index contributed by atoms with van der Waals surface area (Å²) in [6, 6.07) is -0.443. The number of nitrogens with two attached hydrogens (primary N) is 1. The SMILES string of the molecule is COC(=O)C[C@H](N)c1cnccn1. The van der Waals surface area contributed by atoms with Crippen molar-refractivity contribution < 1.29 is 9.53 Å². The van der Waals surface area contributed by atoms with E-state index in [0.717, 1.165) is 0 Å². The molecule has 0 aliphatic rings. The minimum absolute atomic E-state index is 0.120. The van der Waals surface area contributed by atoms with E-state index in [0.29, 0.717) is 5.69 Å². The van der Waals surface area contributed by atoms with Crippen LogP contribution in [0.25, 0.3) is 0 Å². The maximum atomic E-state index is 10.8. The standard InChI is InChI=1S/C8H11N3O2/c1-13-8(12)4-6(9)7-5-10-2-3-11-7/h2-3,5-6H,4,9H2,1H3/t6-/m0/s1. The molecule has 0 unspecified atom stereocenters. The molecule has 0 bridgehead atoms. The fraction of sp³-hybridized carbons (Fsp3) is 0.375. The van der Waals surface area contributed by atoms with E-state index in [2.05, 4.69) is 14.7 Å². The zero-order chi connectivity index (χ0) is 9.68. The molecule has 1 heterocycles. The summed E-state index contributed by atoms with van der Waals surface area (Å²) in [5.41, 5.74) is 6.26. The maximum Gasteiger partial charge on any atom is 0.307 e. The fourth-order valence-corrected chi connectivity index (χ4v) is 0.870. The first-order valence-corrected chi connectivity index (χ1v) is 3.82. The third kappa shape index (κ3) is 2.79. The predicted octanol–water partition coefficient (Wildman–Crippen LogP) is 0.0395. The van der Waals surface area contributed by atoms with Crippen LogP contribution in [0.3, 0.4) is 0 Å². The number of hydrogen-bond donors (Lipinski definition) is 1. The van der Waals surface area contributed by atoms with Crippen molar-refractivity contribution in [3.63, 3.8) is 0 Å². The number of hydrogen-bond acceptors (Lipinski definition) is 5. The van der Waals surface area contributed by atoms with Crippen molar-refractivity contribution in [1.29, 1.82) is 0 Å². The molecule has 1 aromatic rings. The van der Waals surface area contributed by atoms with Gasteiger partial charge in [-0.2, -0.15) is 0 Å². The molecule has 0 saturated heterocycles. The monoisotopic (exact) mass is 181 g/mol. The summed E-state index contributed by atoms with van der Waals surface area (Å²) in [7, 11) is 1.33. The lowest BCUT2D eigenvalue weighted by molar-refractivity contribution is -0.141. The Morgan fingerprint density at radius 2 is 2.46 bits per heavy atom. The third-order valence-corrected chi connectivity index (χ3v) is 1.58. The summed E-state index contributed by atoms with van der Waals surface area (Å²) >= 11 is 0. The van der Waals surface area contributed by atoms with Crippen molar-refractivity contribution in [2.24, 2.45) is 5.73 Å². The molecule has 0 aliphatic carbocycles. The first-order chi connectivity index (χ1) is 6.24. The summed E-state index contributed by atoms with van der Waals surface area (Å²) < 4.78 is 4.48. The van der Waals surface area contributed by atoms with E-state index in [4.69, 9.17) is 5.73 Å². The van der Waals surface area contributed by atoms with E-state index in [1.165, 1.54) is 19.5 Å². The number of ether oxygens (including phenoxy) is 1. The largest absolute Gasteiger partial charge is 0.469 e. The lowest BCUT2D eigenvalue weighted by Crippen LogP contribution is -2.17. The molecule has 0 spiro atoms. The maximum absolute atomic E-state index is 10.8. The lowest BCUT2D eigenvalue weighted by Gasteiger charge is -2.07. The number of carbonyl (C=O) groups excluding carboxylic acids is 1. The molecule has 70 valence electrons. The molecule has 13 heavy (non-hydrogen) atoms. The predicted molar refractivity (Wildman–Crippen MR) is 45.6 cm³/mol. The van der Waals surface area contributed by atoms with Crippen molar-refractivity contribution in [3.8, 4) is 0 Å². The lowest BCUT2D eigenvalue weighted by atomic mass is 10.1. The number of aromatic nitrogens is 2. The van der Waals surface area contributed by atoms with E-state index >= 15 is 0 Å². The highest BCUT2D eigenvalue weighted by molar-refractivity contribution is 5.70. The minimum Gasteiger partial charge on any atom is -0.469 e. The van der Waals surface area contributed by atoms with Crippen LogP contribution in [0.15, 0.2) is 18.6 Å². The Hall–Kier alpha value is -1.49. The Morgan fingerprint density at radius 3 is 3.00 bits per heavy atom. The topological polar surface area (TPSA) is 78.1 Å². The van der Waals surface area contributed by atoms with E-state index in [-0.39, 0.29) is 12.4 Å². The van der Waals surface area contributed by atoms with Crippen LogP contribution in [0.1, 0.15) is 18.2 Å². The summed E-state index contributed by atoms with van der Waals surface area (Å²) in [5, 5.41) is 0. The summed E-state index contributed by atoms with van der Waals surface area (Å²) in [4.78, 5) is 18.7. The molecule has 0 saturated carbocycles. The van der Waals surface area contributed by atoms with Crippen molar-refractivity contribution in [3.05, 3.63) is 24.3 Å². The zero-order valence-corrected chi connectivity index (χ0v) is 7.30. The Morgan fingerprint density at radius 1 is 1.69 bits per heavy atom. The van der Waals surface area contributed by atoms with Crippen molar-refractivity contribution >= 4 is 5.97 Å². The molecule has 5 heteroatoms. The number of rotatable bonds is 3. The second-order valence-electron chi connectivity index (χ2n) is 2.52. The smallest absolute Gasteiger partial charge is 0.307 e. The van der Waals surface area contributed by atoms with Gasteiger partial charge in [0.15, 0.2) is 0 Å². The second kappa shape index (κ2) is 4.51. The van der Waals surface area contributed by atoms with Gasteiger partial charge >= 0.3 is 5.97 Å². The molecule has 0 amide bonds. The molecule has 0 aliphatic heterocycles. The van der Waals surface area contributed by atoms with E-state index in [1.807, 2.05) is 0 Å². The van der Waals surface area contributed by atoms with Gasteiger partial charge < -0.3 is 10.5 Å². The Labute approximate surface area is 75.9 Å². The molecule has 1 atom stereocenters. The molecule has 1 aromatic heterocycles. The molecule has 2 N–H and O–H groups in total. The number of nitrogens with zero attached hydrogens (tertiary/aromatic N) is 2. The van der Waals surface area contributed by atoms with E-state index in [1.54, 1.807) is 6.20 Å². The second-order valence-corrected chi connectivity index (χ2v) is 2.52. The van der Waals surface area contributed by atoms with E-state index in [9.17, 15) is 4.79 Å². The molecule has 0 radical (unpaired) electrons. The van der Waals surface area contributed by atoms with E-state index < -0.39 is 6.04 Å². The van der Waals surface area contributed by atoms with Crippen LogP contribution in [0.5, 0.6) is 0 Å². The zero-order valence-electron chi connectivity index (χ0n) is 7.30. The molecular formula is C8H11N3O2. The number of carbonyl (C=O) groups is 1. The van der Waals surface area contributed by atoms with Gasteiger partial charge in [0.25, 0.3) is 0 Å².